The van der Waals surface area contributed by atoms with Gasteiger partial charge in [-0.15, -0.1) is 0 Å². The summed E-state index contributed by atoms with van der Waals surface area (Å²) in [6.07, 6.45) is 0. The van der Waals surface area contributed by atoms with Crippen LogP contribution in [0.25, 0.3) is 0 Å². The minimum Gasteiger partial charge on any atom is -0.492 e. The van der Waals surface area contributed by atoms with Gasteiger partial charge in [0.05, 0.1) is 18.2 Å². The van der Waals surface area contributed by atoms with Crippen LogP contribution in [-0.4, -0.2) is 31.0 Å². The van der Waals surface area contributed by atoms with Gasteiger partial charge in [0.1, 0.15) is 12.4 Å². The standard InChI is InChI=1S/C17H15BrN2O2/c1-20(10-11-22-16-8-6-15(18)7-9-16)17(21)14-4-2-13(12-19)3-5-14/h2-9H,10-11H2,1H3. The monoisotopic (exact) mass is 358 g/mol. The van der Waals surface area contributed by atoms with Gasteiger partial charge in [-0.05, 0) is 48.5 Å². The first kappa shape index (κ1) is 16.1. The van der Waals surface area contributed by atoms with E-state index in [9.17, 15) is 4.79 Å². The van der Waals surface area contributed by atoms with Crippen LogP contribution in [0.1, 0.15) is 15.9 Å². The molecule has 1 amide bonds. The smallest absolute Gasteiger partial charge is 0.253 e. The second kappa shape index (κ2) is 7.62. The molecule has 0 bridgehead atoms. The Morgan fingerprint density at radius 2 is 1.82 bits per heavy atom. The van der Waals surface area contributed by atoms with E-state index in [4.69, 9.17) is 10.00 Å². The molecular formula is C17H15BrN2O2. The van der Waals surface area contributed by atoms with Crippen molar-refractivity contribution in [1.82, 2.24) is 4.90 Å². The van der Waals surface area contributed by atoms with Gasteiger partial charge in [0, 0.05) is 17.1 Å². The number of rotatable bonds is 5. The molecule has 0 fully saturated rings. The second-order valence-electron chi connectivity index (χ2n) is 4.72. The molecular weight excluding hydrogens is 344 g/mol. The molecule has 2 rings (SSSR count). The average Bonchev–Trinajstić information content (AvgIpc) is 2.56. The molecule has 0 spiro atoms. The third kappa shape index (κ3) is 4.34. The first-order chi connectivity index (χ1) is 10.6. The predicted octanol–water partition coefficient (Wildman–Crippen LogP) is 3.47. The molecule has 5 heteroatoms. The van der Waals surface area contributed by atoms with Crippen LogP contribution in [-0.2, 0) is 0 Å². The number of amides is 1. The van der Waals surface area contributed by atoms with Crippen LogP contribution in [0.3, 0.4) is 0 Å². The number of benzene rings is 2. The number of likely N-dealkylation sites (N-methyl/N-ethyl adjacent to an activating group) is 1. The molecule has 0 heterocycles. The summed E-state index contributed by atoms with van der Waals surface area (Å²) in [6.45, 7) is 0.898. The lowest BCUT2D eigenvalue weighted by Crippen LogP contribution is -2.30. The van der Waals surface area contributed by atoms with E-state index in [1.54, 1.807) is 36.2 Å². The summed E-state index contributed by atoms with van der Waals surface area (Å²) in [4.78, 5) is 13.8. The Labute approximate surface area is 138 Å². The van der Waals surface area contributed by atoms with Crippen molar-refractivity contribution in [1.29, 1.82) is 5.26 Å². The molecule has 0 aliphatic carbocycles. The topological polar surface area (TPSA) is 53.3 Å². The molecule has 0 aliphatic heterocycles. The number of nitrogens with zero attached hydrogens (tertiary/aromatic N) is 2. The Balaban J connectivity index is 1.85. The van der Waals surface area contributed by atoms with Gasteiger partial charge in [-0.2, -0.15) is 5.26 Å². The molecule has 2 aromatic rings. The number of ether oxygens (including phenoxy) is 1. The highest BCUT2D eigenvalue weighted by atomic mass is 79.9. The summed E-state index contributed by atoms with van der Waals surface area (Å²) < 4.78 is 6.59. The van der Waals surface area contributed by atoms with Crippen molar-refractivity contribution in [3.05, 3.63) is 64.1 Å². The molecule has 0 atom stereocenters. The zero-order chi connectivity index (χ0) is 15.9. The number of carbonyl (C=O) groups is 1. The van der Waals surface area contributed by atoms with E-state index in [1.807, 2.05) is 30.3 Å². The molecule has 0 aromatic heterocycles. The van der Waals surface area contributed by atoms with Gasteiger partial charge in [0.15, 0.2) is 0 Å². The van der Waals surface area contributed by atoms with E-state index in [0.29, 0.717) is 24.3 Å². The molecule has 0 radical (unpaired) electrons. The van der Waals surface area contributed by atoms with Crippen LogP contribution in [0.5, 0.6) is 5.75 Å². The maximum Gasteiger partial charge on any atom is 0.253 e. The maximum absolute atomic E-state index is 12.2. The van der Waals surface area contributed by atoms with Crippen LogP contribution in [0.15, 0.2) is 53.0 Å². The van der Waals surface area contributed by atoms with Crippen LogP contribution in [0.2, 0.25) is 0 Å². The Morgan fingerprint density at radius 1 is 1.18 bits per heavy atom. The lowest BCUT2D eigenvalue weighted by Gasteiger charge is -2.17. The highest BCUT2D eigenvalue weighted by Crippen LogP contribution is 2.16. The third-order valence-electron chi connectivity index (χ3n) is 3.12. The van der Waals surface area contributed by atoms with Crippen molar-refractivity contribution < 1.29 is 9.53 Å². The normalized spacial score (nSPS) is 9.86. The first-order valence-electron chi connectivity index (χ1n) is 6.74. The SMILES string of the molecule is CN(CCOc1ccc(Br)cc1)C(=O)c1ccc(C#N)cc1. The molecule has 2 aromatic carbocycles. The van der Waals surface area contributed by atoms with Crippen LogP contribution in [0, 0.1) is 11.3 Å². The molecule has 0 saturated heterocycles. The predicted molar refractivity (Wildman–Crippen MR) is 87.8 cm³/mol. The lowest BCUT2D eigenvalue weighted by atomic mass is 10.1. The van der Waals surface area contributed by atoms with Gasteiger partial charge in [-0.1, -0.05) is 15.9 Å². The highest BCUT2D eigenvalue weighted by Gasteiger charge is 2.11. The fraction of sp³-hybridized carbons (Fsp3) is 0.176. The summed E-state index contributed by atoms with van der Waals surface area (Å²) in [5, 5.41) is 8.75. The Hall–Kier alpha value is -2.32. The second-order valence-corrected chi connectivity index (χ2v) is 5.63. The van der Waals surface area contributed by atoms with Crippen LogP contribution >= 0.6 is 15.9 Å². The van der Waals surface area contributed by atoms with Gasteiger partial charge in [-0.3, -0.25) is 4.79 Å². The van der Waals surface area contributed by atoms with E-state index in [1.165, 1.54) is 0 Å². The van der Waals surface area contributed by atoms with E-state index >= 15 is 0 Å². The van der Waals surface area contributed by atoms with Crippen molar-refractivity contribution in [2.75, 3.05) is 20.2 Å². The molecule has 0 unspecified atom stereocenters. The van der Waals surface area contributed by atoms with Crippen molar-refractivity contribution in [3.63, 3.8) is 0 Å². The first-order valence-corrected chi connectivity index (χ1v) is 7.53. The van der Waals surface area contributed by atoms with E-state index in [0.717, 1.165) is 10.2 Å². The Morgan fingerprint density at radius 3 is 2.41 bits per heavy atom. The summed E-state index contributed by atoms with van der Waals surface area (Å²) in [7, 11) is 1.73. The number of hydrogen-bond acceptors (Lipinski definition) is 3. The molecule has 112 valence electrons. The molecule has 0 aliphatic rings. The van der Waals surface area contributed by atoms with Gasteiger partial charge < -0.3 is 9.64 Å². The summed E-state index contributed by atoms with van der Waals surface area (Å²) in [6, 6.07) is 16.2. The molecule has 22 heavy (non-hydrogen) atoms. The van der Waals surface area contributed by atoms with Crippen LogP contribution in [0.4, 0.5) is 0 Å². The van der Waals surface area contributed by atoms with Crippen molar-refractivity contribution in [3.8, 4) is 11.8 Å². The number of carbonyl (C=O) groups excluding carboxylic acids is 1. The van der Waals surface area contributed by atoms with Gasteiger partial charge in [-0.25, -0.2) is 0 Å². The third-order valence-corrected chi connectivity index (χ3v) is 3.65. The minimum absolute atomic E-state index is 0.0936. The molecule has 0 saturated carbocycles. The van der Waals surface area contributed by atoms with Crippen LogP contribution < -0.4 is 4.74 Å². The van der Waals surface area contributed by atoms with E-state index in [2.05, 4.69) is 15.9 Å². The fourth-order valence-corrected chi connectivity index (χ4v) is 2.10. The fourth-order valence-electron chi connectivity index (χ4n) is 1.84. The zero-order valence-electron chi connectivity index (χ0n) is 12.1. The number of halogens is 1. The number of hydrogen-bond donors (Lipinski definition) is 0. The highest BCUT2D eigenvalue weighted by molar-refractivity contribution is 9.10. The van der Waals surface area contributed by atoms with Gasteiger partial charge in [0.25, 0.3) is 5.91 Å². The summed E-state index contributed by atoms with van der Waals surface area (Å²) in [5.74, 6) is 0.673. The average molecular weight is 359 g/mol. The summed E-state index contributed by atoms with van der Waals surface area (Å²) in [5.41, 5.74) is 1.10. The number of nitriles is 1. The summed E-state index contributed by atoms with van der Waals surface area (Å²) >= 11 is 3.36. The minimum atomic E-state index is -0.0936. The Kier molecular flexibility index (Phi) is 5.56. The van der Waals surface area contributed by atoms with Gasteiger partial charge in [0.2, 0.25) is 0 Å². The van der Waals surface area contributed by atoms with Crippen molar-refractivity contribution in [2.45, 2.75) is 0 Å². The van der Waals surface area contributed by atoms with E-state index < -0.39 is 0 Å². The Bertz CT molecular complexity index is 675. The van der Waals surface area contributed by atoms with E-state index in [-0.39, 0.29) is 5.91 Å². The zero-order valence-corrected chi connectivity index (χ0v) is 13.7. The van der Waals surface area contributed by atoms with Crippen molar-refractivity contribution in [2.24, 2.45) is 0 Å². The maximum atomic E-state index is 12.2. The largest absolute Gasteiger partial charge is 0.492 e. The van der Waals surface area contributed by atoms with Gasteiger partial charge >= 0.3 is 0 Å². The lowest BCUT2D eigenvalue weighted by molar-refractivity contribution is 0.0774. The quantitative estimate of drug-likeness (QED) is 0.822. The molecule has 4 nitrogen and oxygen atoms in total. The molecule has 0 N–H and O–H groups in total. The van der Waals surface area contributed by atoms with Crippen molar-refractivity contribution >= 4 is 21.8 Å².